The van der Waals surface area contributed by atoms with Crippen LogP contribution in [0.4, 0.5) is 0 Å². The predicted octanol–water partition coefficient (Wildman–Crippen LogP) is 6.03. The van der Waals surface area contributed by atoms with E-state index in [1.165, 1.54) is 77.0 Å². The molecular formula is C22H47N2O+. The normalized spacial score (nSPS) is 13.0. The van der Waals surface area contributed by atoms with Crippen LogP contribution >= 0.6 is 0 Å². The van der Waals surface area contributed by atoms with Gasteiger partial charge in [-0.3, -0.25) is 4.79 Å². The molecule has 0 aliphatic rings. The lowest BCUT2D eigenvalue weighted by molar-refractivity contribution is -0.898. The van der Waals surface area contributed by atoms with Crippen LogP contribution in [0.5, 0.6) is 0 Å². The van der Waals surface area contributed by atoms with Crippen molar-refractivity contribution in [2.24, 2.45) is 0 Å². The second-order valence-electron chi connectivity index (χ2n) is 8.60. The van der Waals surface area contributed by atoms with Crippen LogP contribution in [0.25, 0.3) is 0 Å². The summed E-state index contributed by atoms with van der Waals surface area (Å²) in [6, 6.07) is 0. The minimum Gasteiger partial charge on any atom is -0.311 e. The molecule has 0 heterocycles. The SMILES string of the molecule is CCCCCCCCCCCCCCCC(=O)NC(CC)[N+](C)(C)C. The molecule has 0 bridgehead atoms. The molecule has 3 nitrogen and oxygen atoms in total. The molecule has 1 N–H and O–H groups in total. The fourth-order valence-electron chi connectivity index (χ4n) is 3.40. The average Bonchev–Trinajstić information content (AvgIpc) is 2.55. The van der Waals surface area contributed by atoms with Crippen LogP contribution in [0, 0.1) is 0 Å². The van der Waals surface area contributed by atoms with Crippen molar-refractivity contribution in [3.63, 3.8) is 0 Å². The van der Waals surface area contributed by atoms with Gasteiger partial charge in [-0.1, -0.05) is 90.9 Å². The molecule has 0 aromatic rings. The molecule has 0 saturated heterocycles. The molecule has 0 aliphatic heterocycles. The van der Waals surface area contributed by atoms with Crippen molar-refractivity contribution >= 4 is 5.91 Å². The highest BCUT2D eigenvalue weighted by Gasteiger charge is 2.22. The first-order valence-electron chi connectivity index (χ1n) is 11.0. The maximum Gasteiger partial charge on any atom is 0.224 e. The Labute approximate surface area is 158 Å². The largest absolute Gasteiger partial charge is 0.311 e. The van der Waals surface area contributed by atoms with Crippen molar-refractivity contribution in [3.8, 4) is 0 Å². The molecular weight excluding hydrogens is 308 g/mol. The summed E-state index contributed by atoms with van der Waals surface area (Å²) < 4.78 is 0.793. The number of carbonyl (C=O) groups is 1. The molecule has 1 amide bonds. The summed E-state index contributed by atoms with van der Waals surface area (Å²) in [5.74, 6) is 0.225. The number of nitrogens with one attached hydrogen (secondary N) is 1. The molecule has 1 unspecified atom stereocenters. The second-order valence-corrected chi connectivity index (χ2v) is 8.60. The number of rotatable bonds is 17. The first-order valence-corrected chi connectivity index (χ1v) is 11.0. The molecule has 0 fully saturated rings. The molecule has 0 radical (unpaired) electrons. The zero-order chi connectivity index (χ0) is 19.0. The topological polar surface area (TPSA) is 29.1 Å². The second kappa shape index (κ2) is 15.7. The lowest BCUT2D eigenvalue weighted by Gasteiger charge is -2.33. The highest BCUT2D eigenvalue weighted by Crippen LogP contribution is 2.13. The van der Waals surface area contributed by atoms with Gasteiger partial charge in [0.2, 0.25) is 5.91 Å². The Bertz CT molecular complexity index is 310. The zero-order valence-corrected chi connectivity index (χ0v) is 18.0. The Kier molecular flexibility index (Phi) is 15.3. The van der Waals surface area contributed by atoms with Gasteiger partial charge >= 0.3 is 0 Å². The van der Waals surface area contributed by atoms with Gasteiger partial charge in [0.1, 0.15) is 0 Å². The summed E-state index contributed by atoms with van der Waals surface area (Å²) in [4.78, 5) is 12.0. The molecule has 0 saturated carbocycles. The summed E-state index contributed by atoms with van der Waals surface area (Å²) in [6.45, 7) is 4.42. The Morgan fingerprint density at radius 2 is 1.12 bits per heavy atom. The van der Waals surface area contributed by atoms with E-state index in [9.17, 15) is 4.79 Å². The minimum atomic E-state index is 0.225. The van der Waals surface area contributed by atoms with Crippen LogP contribution in [0.15, 0.2) is 0 Å². The summed E-state index contributed by atoms with van der Waals surface area (Å²) in [6.07, 6.45) is 19.4. The fourth-order valence-corrected chi connectivity index (χ4v) is 3.40. The van der Waals surface area contributed by atoms with Crippen molar-refractivity contribution in [2.45, 2.75) is 116 Å². The van der Waals surface area contributed by atoms with E-state index in [1.54, 1.807) is 0 Å². The van der Waals surface area contributed by atoms with Crippen LogP contribution in [-0.2, 0) is 4.79 Å². The van der Waals surface area contributed by atoms with Gasteiger partial charge in [0.25, 0.3) is 0 Å². The van der Waals surface area contributed by atoms with Gasteiger partial charge in [0.05, 0.1) is 21.1 Å². The smallest absolute Gasteiger partial charge is 0.224 e. The lowest BCUT2D eigenvalue weighted by atomic mass is 10.0. The van der Waals surface area contributed by atoms with E-state index in [1.807, 2.05) is 0 Å². The first kappa shape index (κ1) is 24.4. The van der Waals surface area contributed by atoms with Gasteiger partial charge in [0.15, 0.2) is 6.17 Å². The van der Waals surface area contributed by atoms with Crippen LogP contribution in [-0.4, -0.2) is 37.7 Å². The fraction of sp³-hybridized carbons (Fsp3) is 0.955. The number of carbonyl (C=O) groups excluding carboxylic acids is 1. The number of quaternary nitrogens is 1. The third-order valence-corrected chi connectivity index (χ3v) is 5.16. The van der Waals surface area contributed by atoms with Crippen molar-refractivity contribution in [3.05, 3.63) is 0 Å². The molecule has 0 rings (SSSR count). The highest BCUT2D eigenvalue weighted by atomic mass is 16.1. The summed E-state index contributed by atoms with van der Waals surface area (Å²) >= 11 is 0. The van der Waals surface area contributed by atoms with Crippen molar-refractivity contribution in [2.75, 3.05) is 21.1 Å². The maximum absolute atomic E-state index is 12.0. The molecule has 0 aromatic carbocycles. The molecule has 25 heavy (non-hydrogen) atoms. The van der Waals surface area contributed by atoms with Gasteiger partial charge in [-0.15, -0.1) is 0 Å². The lowest BCUT2D eigenvalue weighted by Crippen LogP contribution is -2.54. The molecule has 3 heteroatoms. The average molecular weight is 356 g/mol. The van der Waals surface area contributed by atoms with Crippen LogP contribution in [0.2, 0.25) is 0 Å². The van der Waals surface area contributed by atoms with E-state index in [0.717, 1.165) is 17.3 Å². The molecule has 0 aliphatic carbocycles. The number of amides is 1. The molecule has 1 atom stereocenters. The molecule has 150 valence electrons. The van der Waals surface area contributed by atoms with Crippen LogP contribution in [0.3, 0.4) is 0 Å². The Balaban J connectivity index is 3.39. The van der Waals surface area contributed by atoms with E-state index in [2.05, 4.69) is 40.3 Å². The minimum absolute atomic E-state index is 0.225. The number of hydrogen-bond donors (Lipinski definition) is 1. The Morgan fingerprint density at radius 3 is 1.48 bits per heavy atom. The van der Waals surface area contributed by atoms with Gasteiger partial charge in [-0.2, -0.15) is 0 Å². The van der Waals surface area contributed by atoms with E-state index in [0.29, 0.717) is 6.42 Å². The van der Waals surface area contributed by atoms with Gasteiger partial charge in [-0.05, 0) is 6.42 Å². The Morgan fingerprint density at radius 1 is 0.720 bits per heavy atom. The van der Waals surface area contributed by atoms with Crippen molar-refractivity contribution < 1.29 is 9.28 Å². The molecule has 0 aromatic heterocycles. The van der Waals surface area contributed by atoms with Gasteiger partial charge < -0.3 is 9.80 Å². The van der Waals surface area contributed by atoms with Crippen molar-refractivity contribution in [1.82, 2.24) is 5.32 Å². The third-order valence-electron chi connectivity index (χ3n) is 5.16. The van der Waals surface area contributed by atoms with E-state index < -0.39 is 0 Å². The quantitative estimate of drug-likeness (QED) is 0.193. The van der Waals surface area contributed by atoms with Gasteiger partial charge in [-0.25, -0.2) is 0 Å². The summed E-state index contributed by atoms with van der Waals surface area (Å²) in [5, 5.41) is 3.18. The number of unbranched alkanes of at least 4 members (excludes halogenated alkanes) is 12. The van der Waals surface area contributed by atoms with Crippen LogP contribution in [0.1, 0.15) is 110 Å². The van der Waals surface area contributed by atoms with E-state index in [-0.39, 0.29) is 12.1 Å². The van der Waals surface area contributed by atoms with Crippen LogP contribution < -0.4 is 5.32 Å². The summed E-state index contributed by atoms with van der Waals surface area (Å²) in [5.41, 5.74) is 0. The van der Waals surface area contributed by atoms with Gasteiger partial charge in [0, 0.05) is 12.8 Å². The standard InChI is InChI=1S/C22H46N2O/c1-6-8-9-10-11-12-13-14-15-16-17-18-19-20-22(25)23-21(7-2)24(3,4)5/h21H,6-20H2,1-5H3/p+1. The monoisotopic (exact) mass is 355 g/mol. The van der Waals surface area contributed by atoms with Crippen molar-refractivity contribution in [1.29, 1.82) is 0 Å². The number of hydrogen-bond acceptors (Lipinski definition) is 1. The Hall–Kier alpha value is -0.570. The molecule has 0 spiro atoms. The zero-order valence-electron chi connectivity index (χ0n) is 18.0. The van der Waals surface area contributed by atoms with E-state index in [4.69, 9.17) is 0 Å². The van der Waals surface area contributed by atoms with E-state index >= 15 is 0 Å². The first-order chi connectivity index (χ1) is 11.9. The highest BCUT2D eigenvalue weighted by molar-refractivity contribution is 5.75. The third kappa shape index (κ3) is 15.4. The number of nitrogens with zero attached hydrogens (tertiary/aromatic N) is 1. The predicted molar refractivity (Wildman–Crippen MR) is 111 cm³/mol. The maximum atomic E-state index is 12.0. The summed E-state index contributed by atoms with van der Waals surface area (Å²) in [7, 11) is 6.42.